The number of hydrogen-bond donors (Lipinski definition) is 2. The second-order valence-corrected chi connectivity index (χ2v) is 6.56. The van der Waals surface area contributed by atoms with E-state index in [-0.39, 0.29) is 5.59 Å². The Bertz CT molecular complexity index is 675. The molecule has 0 aliphatic heterocycles. The maximum absolute atomic E-state index is 12.3. The predicted molar refractivity (Wildman–Crippen MR) is 85.2 cm³/mol. The van der Waals surface area contributed by atoms with Crippen LogP contribution in [0, 0.1) is 0 Å². The van der Waals surface area contributed by atoms with Crippen molar-refractivity contribution in [2.75, 3.05) is 6.26 Å². The summed E-state index contributed by atoms with van der Waals surface area (Å²) < 4.78 is 6.54. The van der Waals surface area contributed by atoms with Gasteiger partial charge in [-0.3, -0.25) is 4.57 Å². The van der Waals surface area contributed by atoms with Gasteiger partial charge in [0.15, 0.2) is 0 Å². The van der Waals surface area contributed by atoms with Crippen molar-refractivity contribution in [3.63, 3.8) is 0 Å². The van der Waals surface area contributed by atoms with Crippen LogP contribution in [0.2, 0.25) is 0 Å². The Morgan fingerprint density at radius 1 is 1.29 bits per heavy atom. The fourth-order valence-corrected chi connectivity index (χ4v) is 2.49. The van der Waals surface area contributed by atoms with Crippen LogP contribution >= 0.6 is 11.8 Å². The second-order valence-electron chi connectivity index (χ2n) is 5.68. The molecule has 0 unspecified atom stereocenters. The van der Waals surface area contributed by atoms with E-state index in [2.05, 4.69) is 0 Å². The zero-order valence-corrected chi connectivity index (χ0v) is 13.3. The molecule has 0 fully saturated rings. The van der Waals surface area contributed by atoms with E-state index >= 15 is 0 Å². The Hall–Kier alpha value is -1.44. The van der Waals surface area contributed by atoms with Crippen molar-refractivity contribution >= 4 is 41.5 Å². The fraction of sp³-hybridized carbons (Fsp3) is 0.357. The normalized spacial score (nSPS) is 11.7. The number of ether oxygens (including phenoxy) is 1. The molecule has 0 atom stereocenters. The maximum Gasteiger partial charge on any atom is 0.506 e. The Morgan fingerprint density at radius 3 is 2.48 bits per heavy atom. The van der Waals surface area contributed by atoms with Crippen molar-refractivity contribution in [3.8, 4) is 0 Å². The lowest BCUT2D eigenvalue weighted by Crippen LogP contribution is -2.40. The molecule has 2 rings (SSSR count). The SMILES string of the molecule is CSc1ccc2c(c1)cc(B(O)O)n2C(=O)OC(C)(C)C. The van der Waals surface area contributed by atoms with Crippen LogP contribution in [0.4, 0.5) is 4.79 Å². The Kier molecular flexibility index (Phi) is 4.36. The van der Waals surface area contributed by atoms with Gasteiger partial charge < -0.3 is 14.8 Å². The Morgan fingerprint density at radius 2 is 1.95 bits per heavy atom. The molecule has 1 heterocycles. The molecule has 0 saturated heterocycles. The van der Waals surface area contributed by atoms with Gasteiger partial charge in [0, 0.05) is 10.3 Å². The highest BCUT2D eigenvalue weighted by Gasteiger charge is 2.27. The van der Waals surface area contributed by atoms with Crippen molar-refractivity contribution < 1.29 is 19.6 Å². The Balaban J connectivity index is 2.59. The Labute approximate surface area is 128 Å². The summed E-state index contributed by atoms with van der Waals surface area (Å²) >= 11 is 1.58. The largest absolute Gasteiger partial charge is 0.506 e. The average Bonchev–Trinajstić information content (AvgIpc) is 2.74. The van der Waals surface area contributed by atoms with Crippen molar-refractivity contribution in [3.05, 3.63) is 24.3 Å². The van der Waals surface area contributed by atoms with Gasteiger partial charge in [0.05, 0.1) is 11.1 Å². The van der Waals surface area contributed by atoms with Crippen molar-refractivity contribution in [2.24, 2.45) is 0 Å². The van der Waals surface area contributed by atoms with Gasteiger partial charge in [0.25, 0.3) is 0 Å². The van der Waals surface area contributed by atoms with Crippen molar-refractivity contribution in [1.82, 2.24) is 4.57 Å². The number of carbonyl (C=O) groups excluding carboxylic acids is 1. The molecule has 7 heteroatoms. The molecule has 0 radical (unpaired) electrons. The van der Waals surface area contributed by atoms with Crippen LogP contribution in [0.25, 0.3) is 10.9 Å². The molecule has 21 heavy (non-hydrogen) atoms. The van der Waals surface area contributed by atoms with Gasteiger partial charge in [0.1, 0.15) is 5.60 Å². The van der Waals surface area contributed by atoms with Crippen LogP contribution in [0.5, 0.6) is 0 Å². The minimum Gasteiger partial charge on any atom is -0.443 e. The lowest BCUT2D eigenvalue weighted by Gasteiger charge is -2.21. The van der Waals surface area contributed by atoms with Crippen molar-refractivity contribution in [2.45, 2.75) is 31.3 Å². The number of hydrogen-bond acceptors (Lipinski definition) is 5. The van der Waals surface area contributed by atoms with E-state index in [1.165, 1.54) is 4.57 Å². The van der Waals surface area contributed by atoms with Crippen LogP contribution in [0.3, 0.4) is 0 Å². The number of nitrogens with zero attached hydrogens (tertiary/aromatic N) is 1. The fourth-order valence-electron chi connectivity index (χ4n) is 2.04. The van der Waals surface area contributed by atoms with Gasteiger partial charge in [-0.05, 0) is 51.3 Å². The third-order valence-electron chi connectivity index (χ3n) is 2.88. The quantitative estimate of drug-likeness (QED) is 0.654. The first-order valence-electron chi connectivity index (χ1n) is 6.52. The highest BCUT2D eigenvalue weighted by molar-refractivity contribution is 7.98. The maximum atomic E-state index is 12.3. The van der Waals surface area contributed by atoms with Crippen LogP contribution in [-0.4, -0.2) is 39.7 Å². The summed E-state index contributed by atoms with van der Waals surface area (Å²) in [6.45, 7) is 5.28. The van der Waals surface area contributed by atoms with Gasteiger partial charge in [-0.2, -0.15) is 0 Å². The number of rotatable bonds is 2. The molecule has 2 aromatic rings. The standard InChI is InChI=1S/C14H18BNO4S/c1-14(2,3)20-13(17)16-11-6-5-10(21-4)7-9(11)8-12(16)15(18)19/h5-8,18-19H,1-4H3. The summed E-state index contributed by atoms with van der Waals surface area (Å²) in [5.74, 6) is 0. The summed E-state index contributed by atoms with van der Waals surface area (Å²) in [5.41, 5.74) is 0.0209. The minimum absolute atomic E-state index is 0.0949. The van der Waals surface area contributed by atoms with E-state index in [9.17, 15) is 14.8 Å². The van der Waals surface area contributed by atoms with E-state index < -0.39 is 18.8 Å². The summed E-state index contributed by atoms with van der Waals surface area (Å²) in [4.78, 5) is 13.4. The zero-order chi connectivity index (χ0) is 15.8. The first-order chi connectivity index (χ1) is 9.73. The summed E-state index contributed by atoms with van der Waals surface area (Å²) in [5, 5.41) is 19.8. The van der Waals surface area contributed by atoms with Gasteiger partial charge in [-0.1, -0.05) is 0 Å². The van der Waals surface area contributed by atoms with E-state index in [0.717, 1.165) is 10.3 Å². The summed E-state index contributed by atoms with van der Waals surface area (Å²) in [6.07, 6.45) is 1.32. The lowest BCUT2D eigenvalue weighted by molar-refractivity contribution is 0.0547. The summed E-state index contributed by atoms with van der Waals surface area (Å²) in [6, 6.07) is 7.13. The molecule has 0 spiro atoms. The monoisotopic (exact) mass is 307 g/mol. The zero-order valence-electron chi connectivity index (χ0n) is 12.5. The molecule has 112 valence electrons. The highest BCUT2D eigenvalue weighted by atomic mass is 32.2. The first-order valence-corrected chi connectivity index (χ1v) is 7.74. The van der Waals surface area contributed by atoms with Gasteiger partial charge in [0.2, 0.25) is 0 Å². The average molecular weight is 307 g/mol. The molecule has 0 aliphatic rings. The van der Waals surface area contributed by atoms with E-state index in [0.29, 0.717) is 5.52 Å². The van der Waals surface area contributed by atoms with E-state index in [1.807, 2.05) is 18.4 Å². The van der Waals surface area contributed by atoms with Gasteiger partial charge in [-0.15, -0.1) is 11.8 Å². The van der Waals surface area contributed by atoms with Crippen LogP contribution in [0.1, 0.15) is 20.8 Å². The topological polar surface area (TPSA) is 71.7 Å². The first kappa shape index (κ1) is 15.9. The smallest absolute Gasteiger partial charge is 0.443 e. The number of fused-ring (bicyclic) bond motifs is 1. The highest BCUT2D eigenvalue weighted by Crippen LogP contribution is 2.23. The van der Waals surface area contributed by atoms with Crippen LogP contribution in [0.15, 0.2) is 29.2 Å². The van der Waals surface area contributed by atoms with E-state index in [4.69, 9.17) is 4.74 Å². The third kappa shape index (κ3) is 3.43. The molecule has 1 aromatic carbocycles. The minimum atomic E-state index is -1.75. The molecule has 0 amide bonds. The molecule has 5 nitrogen and oxygen atoms in total. The predicted octanol–water partition coefficient (Wildman–Crippen LogP) is 1.83. The van der Waals surface area contributed by atoms with Gasteiger partial charge in [-0.25, -0.2) is 4.79 Å². The van der Waals surface area contributed by atoms with Gasteiger partial charge >= 0.3 is 13.2 Å². The number of thioether (sulfide) groups is 1. The van der Waals surface area contributed by atoms with Crippen molar-refractivity contribution in [1.29, 1.82) is 0 Å². The van der Waals surface area contributed by atoms with Crippen LogP contribution in [-0.2, 0) is 4.74 Å². The summed E-state index contributed by atoms with van der Waals surface area (Å²) in [7, 11) is -1.75. The molecule has 0 bridgehead atoms. The third-order valence-corrected chi connectivity index (χ3v) is 3.60. The molecular formula is C14H18BNO4S. The van der Waals surface area contributed by atoms with Crippen LogP contribution < -0.4 is 5.59 Å². The molecular weight excluding hydrogens is 289 g/mol. The molecule has 1 aromatic heterocycles. The second kappa shape index (κ2) is 5.75. The number of carbonyl (C=O) groups is 1. The molecule has 0 aliphatic carbocycles. The number of benzene rings is 1. The van der Waals surface area contributed by atoms with E-state index in [1.54, 1.807) is 44.7 Å². The molecule has 2 N–H and O–H groups in total. The number of aromatic nitrogens is 1. The lowest BCUT2D eigenvalue weighted by atomic mass is 9.86. The molecule has 0 saturated carbocycles.